The predicted molar refractivity (Wildman–Crippen MR) is 91.6 cm³/mol. The van der Waals surface area contributed by atoms with Gasteiger partial charge in [0.25, 0.3) is 0 Å². The van der Waals surface area contributed by atoms with E-state index in [-0.39, 0.29) is 0 Å². The van der Waals surface area contributed by atoms with E-state index in [0.29, 0.717) is 5.02 Å². The highest BCUT2D eigenvalue weighted by Gasteiger charge is 2.05. The minimum absolute atomic E-state index is 0.706. The van der Waals surface area contributed by atoms with Crippen LogP contribution in [0.25, 0.3) is 10.2 Å². The average molecular weight is 316 g/mol. The normalized spacial score (nSPS) is 11.9. The second-order valence-corrected chi connectivity index (χ2v) is 6.23. The van der Waals surface area contributed by atoms with Crippen molar-refractivity contribution in [3.63, 3.8) is 0 Å². The Morgan fingerprint density at radius 3 is 2.81 bits per heavy atom. The standard InChI is InChI=1S/C16H14ClN3S/c1-10-5-3-8-14-15(10)18-16(21-14)20-19-11(2)12-6-4-7-13(17)9-12/h3-9H,1-2H3,(H,18,20)/b19-11-. The van der Waals surface area contributed by atoms with E-state index in [0.717, 1.165) is 26.6 Å². The van der Waals surface area contributed by atoms with Gasteiger partial charge in [-0.05, 0) is 43.2 Å². The summed E-state index contributed by atoms with van der Waals surface area (Å²) in [5, 5.41) is 5.89. The number of anilines is 1. The van der Waals surface area contributed by atoms with Crippen molar-refractivity contribution in [1.82, 2.24) is 4.98 Å². The molecule has 3 rings (SSSR count). The van der Waals surface area contributed by atoms with E-state index in [1.54, 1.807) is 11.3 Å². The zero-order chi connectivity index (χ0) is 14.8. The van der Waals surface area contributed by atoms with E-state index in [4.69, 9.17) is 11.6 Å². The van der Waals surface area contributed by atoms with Crippen LogP contribution in [0.4, 0.5) is 5.13 Å². The van der Waals surface area contributed by atoms with Gasteiger partial charge in [0.15, 0.2) is 0 Å². The largest absolute Gasteiger partial charge is 0.252 e. The third-order valence-electron chi connectivity index (χ3n) is 3.18. The molecular weight excluding hydrogens is 302 g/mol. The van der Waals surface area contributed by atoms with E-state index >= 15 is 0 Å². The van der Waals surface area contributed by atoms with E-state index < -0.39 is 0 Å². The van der Waals surface area contributed by atoms with Crippen LogP contribution in [0.5, 0.6) is 0 Å². The second kappa shape index (κ2) is 5.84. The number of halogens is 1. The molecule has 0 aliphatic rings. The van der Waals surface area contributed by atoms with Crippen LogP contribution in [0.1, 0.15) is 18.1 Å². The minimum Gasteiger partial charge on any atom is -0.252 e. The molecule has 2 aromatic carbocycles. The number of aromatic nitrogens is 1. The van der Waals surface area contributed by atoms with E-state index in [9.17, 15) is 0 Å². The summed E-state index contributed by atoms with van der Waals surface area (Å²) in [5.74, 6) is 0. The molecule has 3 aromatic rings. The van der Waals surface area contributed by atoms with Gasteiger partial charge in [-0.1, -0.05) is 47.2 Å². The smallest absolute Gasteiger partial charge is 0.204 e. The van der Waals surface area contributed by atoms with E-state index in [1.165, 1.54) is 5.56 Å². The number of rotatable bonds is 3. The van der Waals surface area contributed by atoms with Crippen LogP contribution < -0.4 is 5.43 Å². The van der Waals surface area contributed by atoms with Crippen LogP contribution >= 0.6 is 22.9 Å². The third kappa shape index (κ3) is 3.06. The maximum atomic E-state index is 5.99. The average Bonchev–Trinajstić information content (AvgIpc) is 2.89. The number of aryl methyl sites for hydroxylation is 1. The number of hydrazone groups is 1. The summed E-state index contributed by atoms with van der Waals surface area (Å²) < 4.78 is 1.16. The molecule has 0 saturated carbocycles. The van der Waals surface area contributed by atoms with Crippen LogP contribution in [0, 0.1) is 6.92 Å². The number of thiazole rings is 1. The lowest BCUT2D eigenvalue weighted by atomic mass is 10.1. The van der Waals surface area contributed by atoms with Gasteiger partial charge in [0.2, 0.25) is 5.13 Å². The van der Waals surface area contributed by atoms with Crippen LogP contribution in [0.15, 0.2) is 47.6 Å². The van der Waals surface area contributed by atoms with Crippen molar-refractivity contribution in [2.75, 3.05) is 5.43 Å². The summed E-state index contributed by atoms with van der Waals surface area (Å²) in [5.41, 5.74) is 7.09. The van der Waals surface area contributed by atoms with Crippen molar-refractivity contribution < 1.29 is 0 Å². The van der Waals surface area contributed by atoms with E-state index in [2.05, 4.69) is 34.6 Å². The maximum absolute atomic E-state index is 5.99. The van der Waals surface area contributed by atoms with Crippen molar-refractivity contribution in [2.24, 2.45) is 5.10 Å². The van der Waals surface area contributed by atoms with Crippen LogP contribution in [0.3, 0.4) is 0 Å². The van der Waals surface area contributed by atoms with Crippen molar-refractivity contribution in [3.05, 3.63) is 58.6 Å². The molecule has 0 fully saturated rings. The van der Waals surface area contributed by atoms with Gasteiger partial charge in [0.05, 0.1) is 15.9 Å². The van der Waals surface area contributed by atoms with Gasteiger partial charge < -0.3 is 0 Å². The fraction of sp³-hybridized carbons (Fsp3) is 0.125. The summed E-state index contributed by atoms with van der Waals surface area (Å²) in [4.78, 5) is 4.57. The lowest BCUT2D eigenvalue weighted by Crippen LogP contribution is -1.99. The van der Waals surface area contributed by atoms with Crippen molar-refractivity contribution in [3.8, 4) is 0 Å². The highest BCUT2D eigenvalue weighted by atomic mass is 35.5. The zero-order valence-corrected chi connectivity index (χ0v) is 13.3. The Kier molecular flexibility index (Phi) is 3.90. The number of nitrogens with one attached hydrogen (secondary N) is 1. The zero-order valence-electron chi connectivity index (χ0n) is 11.7. The first-order valence-corrected chi connectivity index (χ1v) is 7.75. The third-order valence-corrected chi connectivity index (χ3v) is 4.34. The molecule has 0 aliphatic heterocycles. The number of fused-ring (bicyclic) bond motifs is 1. The van der Waals surface area contributed by atoms with Crippen LogP contribution in [-0.4, -0.2) is 10.7 Å². The molecule has 0 unspecified atom stereocenters. The molecule has 0 atom stereocenters. The fourth-order valence-corrected chi connectivity index (χ4v) is 3.12. The first-order chi connectivity index (χ1) is 10.1. The number of para-hydroxylation sites is 1. The monoisotopic (exact) mass is 315 g/mol. The number of nitrogens with zero attached hydrogens (tertiary/aromatic N) is 2. The molecule has 3 nitrogen and oxygen atoms in total. The van der Waals surface area contributed by atoms with Gasteiger partial charge in [-0.2, -0.15) is 5.10 Å². The molecule has 0 radical (unpaired) electrons. The lowest BCUT2D eigenvalue weighted by molar-refractivity contribution is 1.28. The Balaban J connectivity index is 1.85. The molecule has 0 spiro atoms. The molecule has 1 aromatic heterocycles. The number of benzene rings is 2. The molecule has 106 valence electrons. The SMILES string of the molecule is C/C(=N/Nc1nc2c(C)cccc2s1)c1cccc(Cl)c1. The Morgan fingerprint density at radius 2 is 2.05 bits per heavy atom. The van der Waals surface area contributed by atoms with Gasteiger partial charge in [0.1, 0.15) is 0 Å². The second-order valence-electron chi connectivity index (χ2n) is 4.76. The van der Waals surface area contributed by atoms with Gasteiger partial charge in [-0.15, -0.1) is 0 Å². The quantitative estimate of drug-likeness (QED) is 0.539. The molecule has 1 heterocycles. The molecule has 21 heavy (non-hydrogen) atoms. The van der Waals surface area contributed by atoms with Gasteiger partial charge in [-0.3, -0.25) is 5.43 Å². The number of hydrogen-bond acceptors (Lipinski definition) is 4. The van der Waals surface area contributed by atoms with Crippen molar-refractivity contribution in [1.29, 1.82) is 0 Å². The summed E-state index contributed by atoms with van der Waals surface area (Å²) in [7, 11) is 0. The van der Waals surface area contributed by atoms with Crippen LogP contribution in [0.2, 0.25) is 5.02 Å². The lowest BCUT2D eigenvalue weighted by Gasteiger charge is -2.01. The topological polar surface area (TPSA) is 37.3 Å². The molecule has 1 N–H and O–H groups in total. The maximum Gasteiger partial charge on any atom is 0.204 e. The molecule has 0 aliphatic carbocycles. The fourth-order valence-electron chi connectivity index (χ4n) is 2.04. The predicted octanol–water partition coefficient (Wildman–Crippen LogP) is 5.09. The summed E-state index contributed by atoms with van der Waals surface area (Å²) in [6, 6.07) is 13.8. The van der Waals surface area contributed by atoms with Crippen LogP contribution in [-0.2, 0) is 0 Å². The molecule has 5 heteroatoms. The van der Waals surface area contributed by atoms with Crippen molar-refractivity contribution >= 4 is 44.0 Å². The molecule has 0 bridgehead atoms. The Hall–Kier alpha value is -1.91. The first-order valence-electron chi connectivity index (χ1n) is 6.56. The first kappa shape index (κ1) is 14.0. The molecule has 0 saturated heterocycles. The summed E-state index contributed by atoms with van der Waals surface area (Å²) in [6.45, 7) is 4.00. The Labute approximate surface area is 132 Å². The molecule has 0 amide bonds. The highest BCUT2D eigenvalue weighted by molar-refractivity contribution is 7.22. The number of hydrogen-bond donors (Lipinski definition) is 1. The van der Waals surface area contributed by atoms with Gasteiger partial charge in [-0.25, -0.2) is 4.98 Å². The Morgan fingerprint density at radius 1 is 1.24 bits per heavy atom. The Bertz CT molecular complexity index is 823. The highest BCUT2D eigenvalue weighted by Crippen LogP contribution is 2.27. The van der Waals surface area contributed by atoms with Crippen molar-refractivity contribution in [2.45, 2.75) is 13.8 Å². The van der Waals surface area contributed by atoms with Gasteiger partial charge >= 0.3 is 0 Å². The minimum atomic E-state index is 0.706. The van der Waals surface area contributed by atoms with Gasteiger partial charge in [0, 0.05) is 5.02 Å². The molecular formula is C16H14ClN3S. The summed E-state index contributed by atoms with van der Waals surface area (Å²) >= 11 is 7.59. The summed E-state index contributed by atoms with van der Waals surface area (Å²) in [6.07, 6.45) is 0. The van der Waals surface area contributed by atoms with E-state index in [1.807, 2.05) is 37.3 Å².